The van der Waals surface area contributed by atoms with E-state index in [1.807, 2.05) is 0 Å². The average Bonchev–Trinajstić information content (AvgIpc) is 2.09. The molecule has 0 radical (unpaired) electrons. The van der Waals surface area contributed by atoms with Crippen molar-refractivity contribution in [2.45, 2.75) is 31.0 Å². The van der Waals surface area contributed by atoms with Crippen molar-refractivity contribution in [1.29, 1.82) is 0 Å². The number of hydrogen-bond acceptors (Lipinski definition) is 1. The first kappa shape index (κ1) is 10.8. The Morgan fingerprint density at radius 2 is 2.13 bits per heavy atom. The quantitative estimate of drug-likeness (QED) is 0.832. The van der Waals surface area contributed by atoms with Crippen molar-refractivity contribution in [3.8, 4) is 0 Å². The van der Waals surface area contributed by atoms with Crippen LogP contribution >= 0.6 is 11.6 Å². The molecule has 1 aromatic carbocycles. The van der Waals surface area contributed by atoms with Crippen molar-refractivity contribution in [3.05, 3.63) is 34.6 Å². The normalized spacial score (nSPS) is 30.0. The fourth-order valence-corrected chi connectivity index (χ4v) is 2.24. The second kappa shape index (κ2) is 3.72. The molecule has 1 aliphatic rings. The predicted molar refractivity (Wildman–Crippen MR) is 56.2 cm³/mol. The highest BCUT2D eigenvalue weighted by Gasteiger charge is 2.43. The van der Waals surface area contributed by atoms with Gasteiger partial charge in [-0.3, -0.25) is 0 Å². The monoisotopic (exact) mass is 231 g/mol. The van der Waals surface area contributed by atoms with Crippen molar-refractivity contribution in [3.63, 3.8) is 0 Å². The molecule has 2 N–H and O–H groups in total. The van der Waals surface area contributed by atoms with E-state index in [0.29, 0.717) is 23.4 Å². The van der Waals surface area contributed by atoms with E-state index in [9.17, 15) is 8.78 Å². The van der Waals surface area contributed by atoms with Crippen LogP contribution in [-0.4, -0.2) is 11.7 Å². The Kier molecular flexibility index (Phi) is 2.69. The Morgan fingerprint density at radius 3 is 2.73 bits per heavy atom. The van der Waals surface area contributed by atoms with Crippen LogP contribution in [0, 0.1) is 5.82 Å². The number of benzene rings is 1. The molecule has 1 saturated carbocycles. The average molecular weight is 232 g/mol. The summed E-state index contributed by atoms with van der Waals surface area (Å²) in [5.74, 6) is -0.406. The minimum absolute atomic E-state index is 0.0626. The fraction of sp³-hybridized carbons (Fsp3) is 0.455. The Hall–Kier alpha value is -0.670. The Balaban J connectivity index is 2.14. The van der Waals surface area contributed by atoms with Crippen LogP contribution in [0.5, 0.6) is 0 Å². The zero-order valence-electron chi connectivity index (χ0n) is 8.14. The number of halogens is 3. The first-order valence-electron chi connectivity index (χ1n) is 4.87. The minimum atomic E-state index is -1.34. The van der Waals surface area contributed by atoms with Crippen LogP contribution in [0.25, 0.3) is 0 Å². The lowest BCUT2D eigenvalue weighted by molar-refractivity contribution is 0.0436. The number of alkyl halides is 1. The van der Waals surface area contributed by atoms with Crippen LogP contribution in [0.1, 0.15) is 18.4 Å². The molecule has 0 saturated heterocycles. The van der Waals surface area contributed by atoms with Crippen LogP contribution in [0.15, 0.2) is 18.2 Å². The van der Waals surface area contributed by atoms with Crippen LogP contribution in [0.4, 0.5) is 8.78 Å². The van der Waals surface area contributed by atoms with Gasteiger partial charge < -0.3 is 5.73 Å². The first-order chi connectivity index (χ1) is 6.98. The maximum absolute atomic E-state index is 13.9. The molecular weight excluding hydrogens is 220 g/mol. The van der Waals surface area contributed by atoms with Gasteiger partial charge in [0.25, 0.3) is 0 Å². The third-order valence-electron chi connectivity index (χ3n) is 2.77. The highest BCUT2D eigenvalue weighted by Crippen LogP contribution is 2.38. The molecule has 15 heavy (non-hydrogen) atoms. The lowest BCUT2D eigenvalue weighted by Gasteiger charge is -2.39. The highest BCUT2D eigenvalue weighted by atomic mass is 35.5. The zero-order valence-corrected chi connectivity index (χ0v) is 8.90. The standard InChI is InChI=1S/C11H12ClF2N/c12-8-1-2-10(13)7(3-8)4-11(14)5-9(15)6-11/h1-3,9H,4-6,15H2. The number of nitrogens with two attached hydrogens (primary N) is 1. The van der Waals surface area contributed by atoms with E-state index < -0.39 is 11.5 Å². The van der Waals surface area contributed by atoms with Crippen molar-refractivity contribution < 1.29 is 8.78 Å². The van der Waals surface area contributed by atoms with Crippen LogP contribution in [-0.2, 0) is 6.42 Å². The predicted octanol–water partition coefficient (Wildman–Crippen LogP) is 2.85. The topological polar surface area (TPSA) is 26.0 Å². The number of rotatable bonds is 2. The highest BCUT2D eigenvalue weighted by molar-refractivity contribution is 6.30. The van der Waals surface area contributed by atoms with Gasteiger partial charge in [-0.25, -0.2) is 8.78 Å². The Morgan fingerprint density at radius 1 is 1.47 bits per heavy atom. The van der Waals surface area contributed by atoms with Gasteiger partial charge in [0.05, 0.1) is 0 Å². The Bertz CT molecular complexity index is 375. The summed E-state index contributed by atoms with van der Waals surface area (Å²) in [6.07, 6.45) is 0.672. The SMILES string of the molecule is NC1CC(F)(Cc2cc(Cl)ccc2F)C1. The maximum atomic E-state index is 13.9. The van der Waals surface area contributed by atoms with Crippen LogP contribution in [0.2, 0.25) is 5.02 Å². The summed E-state index contributed by atoms with van der Waals surface area (Å²) in [6, 6.07) is 4.11. The van der Waals surface area contributed by atoms with Gasteiger partial charge in [0.1, 0.15) is 11.5 Å². The molecule has 0 spiro atoms. The van der Waals surface area contributed by atoms with E-state index in [-0.39, 0.29) is 12.5 Å². The summed E-state index contributed by atoms with van der Waals surface area (Å²) in [4.78, 5) is 0. The van der Waals surface area contributed by atoms with E-state index in [1.165, 1.54) is 18.2 Å². The smallest absolute Gasteiger partial charge is 0.126 e. The molecule has 1 nitrogen and oxygen atoms in total. The van der Waals surface area contributed by atoms with Gasteiger partial charge in [0, 0.05) is 17.5 Å². The first-order valence-corrected chi connectivity index (χ1v) is 5.25. The molecule has 0 unspecified atom stereocenters. The second-order valence-corrected chi connectivity index (χ2v) is 4.67. The Labute approximate surface area is 92.2 Å². The van der Waals surface area contributed by atoms with E-state index in [1.54, 1.807) is 0 Å². The summed E-state index contributed by atoms with van der Waals surface area (Å²) in [5.41, 5.74) is 4.50. The largest absolute Gasteiger partial charge is 0.327 e. The molecule has 2 rings (SSSR count). The zero-order chi connectivity index (χ0) is 11.1. The molecule has 0 bridgehead atoms. The van der Waals surface area contributed by atoms with Crippen molar-refractivity contribution >= 4 is 11.6 Å². The fourth-order valence-electron chi connectivity index (χ4n) is 2.04. The molecule has 0 aromatic heterocycles. The molecule has 82 valence electrons. The van der Waals surface area contributed by atoms with Gasteiger partial charge in [-0.05, 0) is 36.6 Å². The van der Waals surface area contributed by atoms with Gasteiger partial charge in [0.2, 0.25) is 0 Å². The summed E-state index contributed by atoms with van der Waals surface area (Å²) < 4.78 is 27.2. The third kappa shape index (κ3) is 2.29. The van der Waals surface area contributed by atoms with Crippen molar-refractivity contribution in [2.75, 3.05) is 0 Å². The van der Waals surface area contributed by atoms with Crippen LogP contribution in [0.3, 0.4) is 0 Å². The van der Waals surface area contributed by atoms with E-state index in [2.05, 4.69) is 0 Å². The summed E-state index contributed by atoms with van der Waals surface area (Å²) in [5, 5.41) is 0.429. The van der Waals surface area contributed by atoms with Crippen molar-refractivity contribution in [2.24, 2.45) is 5.73 Å². The third-order valence-corrected chi connectivity index (χ3v) is 3.01. The maximum Gasteiger partial charge on any atom is 0.126 e. The molecule has 0 atom stereocenters. The molecule has 1 fully saturated rings. The van der Waals surface area contributed by atoms with Crippen molar-refractivity contribution in [1.82, 2.24) is 0 Å². The van der Waals surface area contributed by atoms with Crippen LogP contribution < -0.4 is 5.73 Å². The van der Waals surface area contributed by atoms with E-state index in [0.717, 1.165) is 0 Å². The second-order valence-electron chi connectivity index (χ2n) is 4.23. The number of hydrogen-bond donors (Lipinski definition) is 1. The molecule has 0 heterocycles. The van der Waals surface area contributed by atoms with E-state index >= 15 is 0 Å². The van der Waals surface area contributed by atoms with Gasteiger partial charge in [-0.15, -0.1) is 0 Å². The lowest BCUT2D eigenvalue weighted by atomic mass is 9.74. The van der Waals surface area contributed by atoms with Gasteiger partial charge in [-0.1, -0.05) is 11.6 Å². The van der Waals surface area contributed by atoms with E-state index in [4.69, 9.17) is 17.3 Å². The molecular formula is C11H12ClF2N. The molecule has 0 aliphatic heterocycles. The summed E-state index contributed by atoms with van der Waals surface area (Å²) in [6.45, 7) is 0. The van der Waals surface area contributed by atoms with Gasteiger partial charge in [-0.2, -0.15) is 0 Å². The van der Waals surface area contributed by atoms with Gasteiger partial charge >= 0.3 is 0 Å². The molecule has 0 amide bonds. The molecule has 1 aromatic rings. The summed E-state index contributed by atoms with van der Waals surface area (Å²) >= 11 is 5.72. The minimum Gasteiger partial charge on any atom is -0.327 e. The molecule has 1 aliphatic carbocycles. The lowest BCUT2D eigenvalue weighted by Crippen LogP contribution is -2.49. The van der Waals surface area contributed by atoms with Gasteiger partial charge in [0.15, 0.2) is 0 Å². The molecule has 4 heteroatoms. The summed E-state index contributed by atoms with van der Waals surface area (Å²) in [7, 11) is 0.